The van der Waals surface area contributed by atoms with Crippen LogP contribution >= 0.6 is 11.6 Å². The number of aliphatic hydroxyl groups excluding tert-OH is 1. The van der Waals surface area contributed by atoms with Gasteiger partial charge in [0.2, 0.25) is 5.28 Å². The molecule has 1 aromatic rings. The van der Waals surface area contributed by atoms with Crippen molar-refractivity contribution >= 4 is 23.5 Å². The Bertz CT molecular complexity index is 662. The van der Waals surface area contributed by atoms with Crippen LogP contribution in [0.3, 0.4) is 0 Å². The summed E-state index contributed by atoms with van der Waals surface area (Å²) in [7, 11) is 0. The SMILES string of the molecule is CC(C)(C)OC(=O)N1CCc2c(nc(Cl)nc2N2CCCC2CO)C1. The second kappa shape index (κ2) is 6.96. The molecule has 1 N–H and O–H groups in total. The van der Waals surface area contributed by atoms with Crippen molar-refractivity contribution in [3.05, 3.63) is 16.5 Å². The van der Waals surface area contributed by atoms with Crippen LogP contribution in [0.1, 0.15) is 44.9 Å². The molecule has 2 aliphatic heterocycles. The largest absolute Gasteiger partial charge is 0.444 e. The highest BCUT2D eigenvalue weighted by atomic mass is 35.5. The van der Waals surface area contributed by atoms with E-state index in [4.69, 9.17) is 16.3 Å². The number of hydrogen-bond acceptors (Lipinski definition) is 6. The molecule has 1 aromatic heterocycles. The Labute approximate surface area is 152 Å². The van der Waals surface area contributed by atoms with Gasteiger partial charge in [-0.15, -0.1) is 0 Å². The summed E-state index contributed by atoms with van der Waals surface area (Å²) in [6.07, 6.45) is 2.27. The second-order valence-electron chi connectivity index (χ2n) is 7.57. The van der Waals surface area contributed by atoms with E-state index in [1.807, 2.05) is 20.8 Å². The van der Waals surface area contributed by atoms with Gasteiger partial charge in [-0.3, -0.25) is 0 Å². The molecule has 1 saturated heterocycles. The summed E-state index contributed by atoms with van der Waals surface area (Å²) in [4.78, 5) is 24.9. The van der Waals surface area contributed by atoms with E-state index in [0.717, 1.165) is 36.5 Å². The van der Waals surface area contributed by atoms with Crippen LogP contribution in [0.15, 0.2) is 0 Å². The van der Waals surface area contributed by atoms with Crippen molar-refractivity contribution in [2.75, 3.05) is 24.6 Å². The quantitative estimate of drug-likeness (QED) is 0.807. The van der Waals surface area contributed by atoms with Crippen LogP contribution in [-0.2, 0) is 17.7 Å². The van der Waals surface area contributed by atoms with Gasteiger partial charge in [0, 0.05) is 18.7 Å². The number of halogens is 1. The van der Waals surface area contributed by atoms with Gasteiger partial charge in [-0.2, -0.15) is 0 Å². The molecule has 3 heterocycles. The molecule has 8 heteroatoms. The number of rotatable bonds is 2. The Morgan fingerprint density at radius 2 is 2.12 bits per heavy atom. The van der Waals surface area contributed by atoms with Crippen LogP contribution in [0.2, 0.25) is 5.28 Å². The molecule has 2 aliphatic rings. The summed E-state index contributed by atoms with van der Waals surface area (Å²) >= 11 is 6.14. The first-order valence-corrected chi connectivity index (χ1v) is 9.07. The smallest absolute Gasteiger partial charge is 0.410 e. The predicted molar refractivity (Wildman–Crippen MR) is 94.8 cm³/mol. The standard InChI is InChI=1S/C17H25ClN4O3/c1-17(2,3)25-16(24)21-8-6-12-13(9-21)19-15(18)20-14(12)22-7-4-5-11(22)10-23/h11,23H,4-10H2,1-3H3. The molecule has 1 fully saturated rings. The highest BCUT2D eigenvalue weighted by molar-refractivity contribution is 6.28. The van der Waals surface area contributed by atoms with Gasteiger partial charge in [-0.05, 0) is 51.6 Å². The molecule has 0 spiro atoms. The van der Waals surface area contributed by atoms with Gasteiger partial charge in [0.1, 0.15) is 11.4 Å². The molecule has 0 aromatic carbocycles. The Kier molecular flexibility index (Phi) is 5.06. The molecular weight excluding hydrogens is 344 g/mol. The lowest BCUT2D eigenvalue weighted by Gasteiger charge is -2.33. The van der Waals surface area contributed by atoms with Crippen molar-refractivity contribution in [1.82, 2.24) is 14.9 Å². The number of hydrogen-bond donors (Lipinski definition) is 1. The minimum Gasteiger partial charge on any atom is -0.444 e. The fraction of sp³-hybridized carbons (Fsp3) is 0.706. The molecule has 0 bridgehead atoms. The zero-order valence-corrected chi connectivity index (χ0v) is 15.7. The predicted octanol–water partition coefficient (Wildman–Crippen LogP) is 2.38. The third kappa shape index (κ3) is 3.98. The maximum atomic E-state index is 12.3. The van der Waals surface area contributed by atoms with E-state index < -0.39 is 5.60 Å². The summed E-state index contributed by atoms with van der Waals surface area (Å²) in [5, 5.41) is 9.78. The minimum atomic E-state index is -0.532. The summed E-state index contributed by atoms with van der Waals surface area (Å²) in [5.41, 5.74) is 1.25. The van der Waals surface area contributed by atoms with Gasteiger partial charge in [-0.1, -0.05) is 0 Å². The molecule has 7 nitrogen and oxygen atoms in total. The monoisotopic (exact) mass is 368 g/mol. The third-order valence-electron chi connectivity index (χ3n) is 4.53. The summed E-state index contributed by atoms with van der Waals surface area (Å²) in [6.45, 7) is 7.41. The molecule has 3 rings (SSSR count). The number of anilines is 1. The maximum Gasteiger partial charge on any atom is 0.410 e. The maximum absolute atomic E-state index is 12.3. The normalized spacial score (nSPS) is 20.6. The first kappa shape index (κ1) is 18.2. The van der Waals surface area contributed by atoms with Gasteiger partial charge >= 0.3 is 6.09 Å². The first-order valence-electron chi connectivity index (χ1n) is 8.69. The first-order chi connectivity index (χ1) is 11.8. The van der Waals surface area contributed by atoms with Crippen LogP contribution in [0, 0.1) is 0 Å². The number of fused-ring (bicyclic) bond motifs is 1. The van der Waals surface area contributed by atoms with E-state index in [0.29, 0.717) is 19.5 Å². The third-order valence-corrected chi connectivity index (χ3v) is 4.70. The van der Waals surface area contributed by atoms with Crippen LogP contribution in [-0.4, -0.2) is 57.4 Å². The van der Waals surface area contributed by atoms with E-state index in [2.05, 4.69) is 14.9 Å². The Morgan fingerprint density at radius 1 is 1.36 bits per heavy atom. The van der Waals surface area contributed by atoms with Crippen molar-refractivity contribution in [2.45, 2.75) is 58.2 Å². The van der Waals surface area contributed by atoms with E-state index in [9.17, 15) is 9.90 Å². The number of amides is 1. The number of aromatic nitrogens is 2. The molecular formula is C17H25ClN4O3. The van der Waals surface area contributed by atoms with Gasteiger partial charge < -0.3 is 19.6 Å². The van der Waals surface area contributed by atoms with Gasteiger partial charge in [0.25, 0.3) is 0 Å². The molecule has 1 amide bonds. The average Bonchev–Trinajstić information content (AvgIpc) is 3.00. The fourth-order valence-corrected chi connectivity index (χ4v) is 3.59. The molecule has 1 atom stereocenters. The highest BCUT2D eigenvalue weighted by Crippen LogP contribution is 2.32. The van der Waals surface area contributed by atoms with Crippen molar-refractivity contribution in [2.24, 2.45) is 0 Å². The fourth-order valence-electron chi connectivity index (χ4n) is 3.41. The van der Waals surface area contributed by atoms with Gasteiger partial charge in [0.15, 0.2) is 0 Å². The summed E-state index contributed by atoms with van der Waals surface area (Å²) < 4.78 is 5.45. The number of carbonyl (C=O) groups excluding carboxylic acids is 1. The van der Waals surface area contributed by atoms with E-state index in [1.165, 1.54) is 0 Å². The average molecular weight is 369 g/mol. The zero-order chi connectivity index (χ0) is 18.2. The molecule has 25 heavy (non-hydrogen) atoms. The Hall–Kier alpha value is -1.60. The minimum absolute atomic E-state index is 0.0685. The lowest BCUT2D eigenvalue weighted by molar-refractivity contribution is 0.0220. The van der Waals surface area contributed by atoms with Gasteiger partial charge in [0.05, 0.1) is 24.9 Å². The molecule has 0 radical (unpaired) electrons. The Balaban J connectivity index is 1.85. The number of aliphatic hydroxyl groups is 1. The van der Waals surface area contributed by atoms with Crippen molar-refractivity contribution in [3.63, 3.8) is 0 Å². The van der Waals surface area contributed by atoms with Crippen molar-refractivity contribution in [3.8, 4) is 0 Å². The number of ether oxygens (including phenoxy) is 1. The van der Waals surface area contributed by atoms with E-state index in [1.54, 1.807) is 4.90 Å². The van der Waals surface area contributed by atoms with Crippen LogP contribution in [0.5, 0.6) is 0 Å². The molecule has 0 saturated carbocycles. The van der Waals surface area contributed by atoms with Crippen molar-refractivity contribution < 1.29 is 14.6 Å². The second-order valence-corrected chi connectivity index (χ2v) is 7.90. The summed E-state index contributed by atoms with van der Waals surface area (Å²) in [6, 6.07) is 0.0685. The lowest BCUT2D eigenvalue weighted by atomic mass is 10.0. The molecule has 0 aliphatic carbocycles. The lowest BCUT2D eigenvalue weighted by Crippen LogP contribution is -2.41. The van der Waals surface area contributed by atoms with E-state index >= 15 is 0 Å². The number of carbonyl (C=O) groups is 1. The van der Waals surface area contributed by atoms with E-state index in [-0.39, 0.29) is 24.0 Å². The molecule has 1 unspecified atom stereocenters. The topological polar surface area (TPSA) is 78.8 Å². The Morgan fingerprint density at radius 3 is 2.80 bits per heavy atom. The van der Waals surface area contributed by atoms with Crippen LogP contribution in [0.4, 0.5) is 10.6 Å². The number of nitrogens with zero attached hydrogens (tertiary/aromatic N) is 4. The molecule has 138 valence electrons. The van der Waals surface area contributed by atoms with Gasteiger partial charge in [-0.25, -0.2) is 14.8 Å². The van der Waals surface area contributed by atoms with Crippen molar-refractivity contribution in [1.29, 1.82) is 0 Å². The van der Waals surface area contributed by atoms with Crippen LogP contribution < -0.4 is 4.90 Å². The zero-order valence-electron chi connectivity index (χ0n) is 15.0. The highest BCUT2D eigenvalue weighted by Gasteiger charge is 2.32. The summed E-state index contributed by atoms with van der Waals surface area (Å²) in [5.74, 6) is 0.801. The van der Waals surface area contributed by atoms with Crippen LogP contribution in [0.25, 0.3) is 0 Å².